The van der Waals surface area contributed by atoms with Crippen LogP contribution in [0.1, 0.15) is 64.7 Å². The molecule has 164 valence electrons. The van der Waals surface area contributed by atoms with Gasteiger partial charge in [-0.3, -0.25) is 4.79 Å². The molecule has 4 bridgehead atoms. The van der Waals surface area contributed by atoms with Crippen LogP contribution in [0.3, 0.4) is 0 Å². The fourth-order valence-corrected chi connectivity index (χ4v) is 9.36. The first kappa shape index (κ1) is 21.0. The Morgan fingerprint density at radius 2 is 1.67 bits per heavy atom. The lowest BCUT2D eigenvalue weighted by atomic mass is 9.48. The largest absolute Gasteiger partial charge is 0.298 e. The summed E-state index contributed by atoms with van der Waals surface area (Å²) >= 11 is 1.49. The van der Waals surface area contributed by atoms with Crippen LogP contribution in [0.25, 0.3) is 0 Å². The number of pyridine rings is 1. The fourth-order valence-electron chi connectivity index (χ4n) is 6.92. The molecule has 0 amide bonds. The fraction of sp³-hybridized carbons (Fsp3) is 0.739. The second-order valence-electron chi connectivity index (χ2n) is 10.1. The highest BCUT2D eigenvalue weighted by atomic mass is 32.2. The van der Waals surface area contributed by atoms with Crippen molar-refractivity contribution in [3.63, 3.8) is 0 Å². The molecule has 2 heterocycles. The van der Waals surface area contributed by atoms with Crippen molar-refractivity contribution in [3.05, 3.63) is 18.3 Å². The average molecular weight is 449 g/mol. The Labute approximate surface area is 184 Å². The molecule has 0 radical (unpaired) electrons. The molecule has 7 heteroatoms. The number of carbonyl (C=O) groups is 1. The summed E-state index contributed by atoms with van der Waals surface area (Å²) in [5, 5.41) is 0.594. The van der Waals surface area contributed by atoms with Crippen LogP contribution >= 0.6 is 11.8 Å². The van der Waals surface area contributed by atoms with Gasteiger partial charge in [-0.25, -0.2) is 13.4 Å². The molecule has 4 saturated carbocycles. The minimum atomic E-state index is -3.46. The molecule has 1 aliphatic heterocycles. The molecule has 5 fully saturated rings. The number of ketones is 1. The summed E-state index contributed by atoms with van der Waals surface area (Å²) < 4.78 is 27.2. The van der Waals surface area contributed by atoms with Crippen molar-refractivity contribution in [1.82, 2.24) is 9.29 Å². The molecule has 0 aromatic carbocycles. The Balaban J connectivity index is 1.26. The summed E-state index contributed by atoms with van der Waals surface area (Å²) in [5.74, 6) is 2.68. The van der Waals surface area contributed by atoms with Gasteiger partial charge in [0.15, 0.2) is 5.78 Å². The summed E-state index contributed by atoms with van der Waals surface area (Å²) in [6.45, 7) is 3.19. The molecule has 1 aromatic rings. The third-order valence-corrected chi connectivity index (χ3v) is 10.8. The Morgan fingerprint density at radius 1 is 1.07 bits per heavy atom. The SMILES string of the molecule is CC(Sc1ccc(S(=O)(=O)N2CCCCC2)cn1)C(=O)C12CC3CC(CC(C3)C1)C2. The minimum absolute atomic E-state index is 0.0985. The van der Waals surface area contributed by atoms with Gasteiger partial charge in [-0.1, -0.05) is 18.2 Å². The smallest absolute Gasteiger partial charge is 0.244 e. The molecule has 5 aliphatic rings. The molecule has 1 unspecified atom stereocenters. The highest BCUT2D eigenvalue weighted by Crippen LogP contribution is 2.61. The summed E-state index contributed by atoms with van der Waals surface area (Å²) in [4.78, 5) is 18.2. The summed E-state index contributed by atoms with van der Waals surface area (Å²) in [7, 11) is -3.46. The molecular formula is C23H32N2O3S2. The van der Waals surface area contributed by atoms with E-state index in [9.17, 15) is 13.2 Å². The molecule has 1 atom stereocenters. The van der Waals surface area contributed by atoms with Gasteiger partial charge < -0.3 is 0 Å². The standard InChI is InChI=1S/C23H32N2O3S2/c1-16(22(26)23-12-17-9-18(13-23)11-19(10-17)14-23)29-21-6-5-20(15-24-21)30(27,28)25-7-3-2-4-8-25/h5-6,15-19H,2-4,7-14H2,1H3. The lowest BCUT2D eigenvalue weighted by molar-refractivity contribution is -0.142. The average Bonchev–Trinajstić information content (AvgIpc) is 2.73. The van der Waals surface area contributed by atoms with Crippen molar-refractivity contribution in [3.8, 4) is 0 Å². The molecule has 0 spiro atoms. The van der Waals surface area contributed by atoms with Crippen LogP contribution in [0.15, 0.2) is 28.3 Å². The number of rotatable bonds is 6. The number of piperidine rings is 1. The Hall–Kier alpha value is -0.920. The number of Topliss-reactive ketones (excluding diaryl/α,β-unsaturated/α-hetero) is 1. The van der Waals surface area contributed by atoms with E-state index in [1.54, 1.807) is 16.4 Å². The first-order chi connectivity index (χ1) is 14.4. The number of sulfonamides is 1. The zero-order valence-electron chi connectivity index (χ0n) is 17.8. The highest BCUT2D eigenvalue weighted by molar-refractivity contribution is 8.00. The third kappa shape index (κ3) is 3.75. The Morgan fingerprint density at radius 3 is 2.20 bits per heavy atom. The number of hydrogen-bond acceptors (Lipinski definition) is 5. The summed E-state index contributed by atoms with van der Waals surface area (Å²) in [5.41, 5.74) is -0.0985. The van der Waals surface area contributed by atoms with Crippen LogP contribution in [-0.4, -0.2) is 41.8 Å². The van der Waals surface area contributed by atoms with Crippen LogP contribution in [-0.2, 0) is 14.8 Å². The van der Waals surface area contributed by atoms with Gasteiger partial charge in [0, 0.05) is 24.7 Å². The molecule has 1 saturated heterocycles. The van der Waals surface area contributed by atoms with Gasteiger partial charge >= 0.3 is 0 Å². The van der Waals surface area contributed by atoms with E-state index >= 15 is 0 Å². The van der Waals surface area contributed by atoms with Crippen molar-refractivity contribution in [2.45, 2.75) is 79.9 Å². The van der Waals surface area contributed by atoms with Gasteiger partial charge in [0.2, 0.25) is 10.0 Å². The Bertz CT molecular complexity index is 872. The van der Waals surface area contributed by atoms with Crippen LogP contribution in [0.5, 0.6) is 0 Å². The molecule has 30 heavy (non-hydrogen) atoms. The Kier molecular flexibility index (Phi) is 5.51. The van der Waals surface area contributed by atoms with Gasteiger partial charge in [-0.15, -0.1) is 0 Å². The first-order valence-corrected chi connectivity index (χ1v) is 13.8. The van der Waals surface area contributed by atoms with Crippen molar-refractivity contribution in [2.24, 2.45) is 23.2 Å². The van der Waals surface area contributed by atoms with E-state index in [1.165, 1.54) is 37.2 Å². The van der Waals surface area contributed by atoms with Gasteiger partial charge in [-0.05, 0) is 88.2 Å². The number of hydrogen-bond donors (Lipinski definition) is 0. The topological polar surface area (TPSA) is 67.3 Å². The maximum Gasteiger partial charge on any atom is 0.244 e. The predicted octanol–water partition coefficient (Wildman–Crippen LogP) is 4.52. The van der Waals surface area contributed by atoms with Crippen LogP contribution in [0.4, 0.5) is 0 Å². The third-order valence-electron chi connectivity index (χ3n) is 7.89. The van der Waals surface area contributed by atoms with Gasteiger partial charge in [0.25, 0.3) is 0 Å². The van der Waals surface area contributed by atoms with Gasteiger partial charge in [-0.2, -0.15) is 4.31 Å². The molecule has 5 nitrogen and oxygen atoms in total. The quantitative estimate of drug-likeness (QED) is 0.599. The van der Waals surface area contributed by atoms with Crippen LogP contribution in [0.2, 0.25) is 0 Å². The molecule has 4 aliphatic carbocycles. The van der Waals surface area contributed by atoms with Crippen molar-refractivity contribution in [2.75, 3.05) is 13.1 Å². The van der Waals surface area contributed by atoms with E-state index in [0.29, 0.717) is 18.9 Å². The van der Waals surface area contributed by atoms with Gasteiger partial charge in [0.05, 0.1) is 10.3 Å². The molecule has 0 N–H and O–H groups in total. The monoisotopic (exact) mass is 448 g/mol. The van der Waals surface area contributed by atoms with Crippen LogP contribution < -0.4 is 0 Å². The summed E-state index contributed by atoms with van der Waals surface area (Å²) in [6, 6.07) is 3.42. The normalized spacial score (nSPS) is 34.8. The van der Waals surface area contributed by atoms with Gasteiger partial charge in [0.1, 0.15) is 4.90 Å². The van der Waals surface area contributed by atoms with E-state index in [-0.39, 0.29) is 15.6 Å². The van der Waals surface area contributed by atoms with E-state index in [2.05, 4.69) is 4.98 Å². The number of carbonyl (C=O) groups excluding carboxylic acids is 1. The van der Waals surface area contributed by atoms with E-state index in [1.807, 2.05) is 6.92 Å². The lowest BCUT2D eigenvalue weighted by Gasteiger charge is -2.56. The molecule has 6 rings (SSSR count). The maximum absolute atomic E-state index is 13.5. The first-order valence-electron chi connectivity index (χ1n) is 11.5. The minimum Gasteiger partial charge on any atom is -0.298 e. The summed E-state index contributed by atoms with van der Waals surface area (Å²) in [6.07, 6.45) is 11.7. The van der Waals surface area contributed by atoms with Crippen molar-refractivity contribution in [1.29, 1.82) is 0 Å². The number of thioether (sulfide) groups is 1. The number of nitrogens with zero attached hydrogens (tertiary/aromatic N) is 2. The second-order valence-corrected chi connectivity index (χ2v) is 13.4. The maximum atomic E-state index is 13.5. The van der Waals surface area contributed by atoms with E-state index in [4.69, 9.17) is 0 Å². The molecular weight excluding hydrogens is 416 g/mol. The second kappa shape index (κ2) is 7.89. The van der Waals surface area contributed by atoms with Crippen molar-refractivity contribution < 1.29 is 13.2 Å². The van der Waals surface area contributed by atoms with Crippen molar-refractivity contribution >= 4 is 27.6 Å². The zero-order valence-corrected chi connectivity index (χ0v) is 19.4. The zero-order chi connectivity index (χ0) is 20.9. The number of aromatic nitrogens is 1. The van der Waals surface area contributed by atoms with E-state index < -0.39 is 10.0 Å². The van der Waals surface area contributed by atoms with Crippen LogP contribution in [0, 0.1) is 23.2 Å². The van der Waals surface area contributed by atoms with E-state index in [0.717, 1.165) is 61.3 Å². The highest BCUT2D eigenvalue weighted by Gasteiger charge is 2.55. The lowest BCUT2D eigenvalue weighted by Crippen LogP contribution is -2.51. The molecule has 1 aromatic heterocycles. The predicted molar refractivity (Wildman–Crippen MR) is 118 cm³/mol.